The van der Waals surface area contributed by atoms with E-state index in [2.05, 4.69) is 10.3 Å². The molecule has 2 rings (SSSR count). The molecule has 0 bridgehead atoms. The van der Waals surface area contributed by atoms with E-state index in [4.69, 9.17) is 11.6 Å². The van der Waals surface area contributed by atoms with E-state index in [1.54, 1.807) is 19.2 Å². The summed E-state index contributed by atoms with van der Waals surface area (Å²) in [6.07, 6.45) is 1.46. The number of hydrogen-bond donors (Lipinski definition) is 1. The third-order valence-electron chi connectivity index (χ3n) is 2.16. The number of carbonyl (C=O) groups is 2. The maximum atomic E-state index is 11.8. The van der Waals surface area contributed by atoms with Crippen LogP contribution in [-0.2, 0) is 0 Å². The molecule has 0 aliphatic heterocycles. The van der Waals surface area contributed by atoms with Crippen LogP contribution in [0.4, 0.5) is 0 Å². The quantitative estimate of drug-likeness (QED) is 0.774. The second kappa shape index (κ2) is 3.47. The molecule has 0 fully saturated rings. The fourth-order valence-electron chi connectivity index (χ4n) is 1.44. The maximum absolute atomic E-state index is 11.8. The van der Waals surface area contributed by atoms with E-state index in [0.717, 1.165) is 0 Å². The molecule has 5 heteroatoms. The molecular weight excluding hydrogens is 216 g/mol. The summed E-state index contributed by atoms with van der Waals surface area (Å²) in [5.74, 6) is -0.721. The van der Waals surface area contributed by atoms with Crippen LogP contribution < -0.4 is 5.32 Å². The second-order valence-electron chi connectivity index (χ2n) is 3.00. The largest absolute Gasteiger partial charge is 0.384 e. The minimum atomic E-state index is -0.420. The number of aromatic nitrogens is 1. The lowest BCUT2D eigenvalue weighted by Gasteiger charge is -2.15. The Morgan fingerprint density at radius 1 is 1.33 bits per heavy atom. The molecule has 4 nitrogen and oxygen atoms in total. The van der Waals surface area contributed by atoms with E-state index in [-0.39, 0.29) is 27.8 Å². The van der Waals surface area contributed by atoms with Crippen molar-refractivity contribution in [1.29, 1.82) is 0 Å². The lowest BCUT2D eigenvalue weighted by Crippen LogP contribution is -2.27. The molecule has 1 aliphatic carbocycles. The van der Waals surface area contributed by atoms with Crippen LogP contribution in [0.25, 0.3) is 0 Å². The Balaban J connectivity index is 2.68. The Bertz CT molecular complexity index is 494. The van der Waals surface area contributed by atoms with Crippen LogP contribution in [0.15, 0.2) is 29.1 Å². The number of nitrogens with zero attached hydrogens (tertiary/aromatic N) is 1. The highest BCUT2D eigenvalue weighted by Gasteiger charge is 2.31. The zero-order valence-corrected chi connectivity index (χ0v) is 8.63. The van der Waals surface area contributed by atoms with E-state index in [1.165, 1.54) is 6.20 Å². The van der Waals surface area contributed by atoms with Crippen molar-refractivity contribution in [2.75, 3.05) is 7.05 Å². The average Bonchev–Trinajstić information content (AvgIpc) is 2.27. The van der Waals surface area contributed by atoms with Gasteiger partial charge in [0.1, 0.15) is 16.4 Å². The highest BCUT2D eigenvalue weighted by atomic mass is 35.5. The normalized spacial score (nSPS) is 15.3. The molecule has 0 radical (unpaired) electrons. The fraction of sp³-hybridized carbons (Fsp3) is 0.100. The van der Waals surface area contributed by atoms with Gasteiger partial charge in [-0.15, -0.1) is 0 Å². The number of hydrogen-bond acceptors (Lipinski definition) is 4. The van der Waals surface area contributed by atoms with Crippen molar-refractivity contribution >= 4 is 23.2 Å². The van der Waals surface area contributed by atoms with Gasteiger partial charge < -0.3 is 5.32 Å². The van der Waals surface area contributed by atoms with Crippen molar-refractivity contribution in [2.45, 2.75) is 0 Å². The third kappa shape index (κ3) is 1.34. The van der Waals surface area contributed by atoms with Crippen LogP contribution in [0.3, 0.4) is 0 Å². The lowest BCUT2D eigenvalue weighted by molar-refractivity contribution is 0.0972. The number of ketones is 2. The molecule has 15 heavy (non-hydrogen) atoms. The van der Waals surface area contributed by atoms with E-state index < -0.39 is 5.78 Å². The number of allylic oxidation sites excluding steroid dienone is 2. The molecule has 0 unspecified atom stereocenters. The van der Waals surface area contributed by atoms with Crippen molar-refractivity contribution in [3.8, 4) is 0 Å². The second-order valence-corrected chi connectivity index (χ2v) is 3.37. The Hall–Kier alpha value is -1.68. The minimum absolute atomic E-state index is 0.103. The third-order valence-corrected chi connectivity index (χ3v) is 2.52. The van der Waals surface area contributed by atoms with E-state index in [0.29, 0.717) is 0 Å². The fourth-order valence-corrected chi connectivity index (χ4v) is 1.71. The van der Waals surface area contributed by atoms with Gasteiger partial charge >= 0.3 is 0 Å². The summed E-state index contributed by atoms with van der Waals surface area (Å²) in [4.78, 5) is 27.3. The molecule has 76 valence electrons. The van der Waals surface area contributed by atoms with Crippen LogP contribution in [0.5, 0.6) is 0 Å². The first-order valence-corrected chi connectivity index (χ1v) is 4.66. The summed E-state index contributed by atoms with van der Waals surface area (Å²) in [5.41, 5.74) is 0.532. The van der Waals surface area contributed by atoms with Crippen molar-refractivity contribution in [1.82, 2.24) is 10.3 Å². The molecule has 1 aliphatic rings. The van der Waals surface area contributed by atoms with Crippen molar-refractivity contribution in [3.05, 3.63) is 40.3 Å². The first-order chi connectivity index (χ1) is 7.16. The Labute approximate surface area is 91.0 Å². The van der Waals surface area contributed by atoms with Crippen molar-refractivity contribution in [2.24, 2.45) is 0 Å². The molecule has 0 atom stereocenters. The summed E-state index contributed by atoms with van der Waals surface area (Å²) in [6, 6.07) is 3.17. The van der Waals surface area contributed by atoms with Crippen molar-refractivity contribution in [3.63, 3.8) is 0 Å². The highest BCUT2D eigenvalue weighted by molar-refractivity contribution is 6.49. The van der Waals surface area contributed by atoms with Crippen molar-refractivity contribution < 1.29 is 9.59 Å². The number of Topliss-reactive ketones (excluding diaryl/α,β-unsaturated/α-hetero) is 2. The minimum Gasteiger partial charge on any atom is -0.384 e. The number of carbonyl (C=O) groups excluding carboxylic acids is 2. The van der Waals surface area contributed by atoms with Gasteiger partial charge in [0, 0.05) is 13.2 Å². The van der Waals surface area contributed by atoms with Gasteiger partial charge in [0.15, 0.2) is 0 Å². The predicted molar refractivity (Wildman–Crippen MR) is 54.8 cm³/mol. The van der Waals surface area contributed by atoms with Crippen LogP contribution in [0, 0.1) is 0 Å². The number of fused-ring (bicyclic) bond motifs is 1. The van der Waals surface area contributed by atoms with Gasteiger partial charge in [-0.2, -0.15) is 0 Å². The van der Waals surface area contributed by atoms with Gasteiger partial charge in [0.05, 0.1) is 5.56 Å². The number of nitrogens with one attached hydrogen (secondary N) is 1. The summed E-state index contributed by atoms with van der Waals surface area (Å²) in [7, 11) is 1.55. The SMILES string of the molecule is CNC1=C(Cl)C(=O)c2ncccc2C1=O. The predicted octanol–water partition coefficient (Wildman–Crippen LogP) is 1.13. The van der Waals surface area contributed by atoms with E-state index >= 15 is 0 Å². The molecule has 0 saturated heterocycles. The summed E-state index contributed by atoms with van der Waals surface area (Å²) < 4.78 is 0. The molecule has 1 N–H and O–H groups in total. The number of likely N-dealkylation sites (N-methyl/N-ethyl adjacent to an activating group) is 1. The first-order valence-electron chi connectivity index (χ1n) is 4.28. The van der Waals surface area contributed by atoms with Gasteiger partial charge in [-0.3, -0.25) is 14.6 Å². The van der Waals surface area contributed by atoms with Gasteiger partial charge in [-0.1, -0.05) is 11.6 Å². The molecule has 1 heterocycles. The molecule has 1 aromatic heterocycles. The Morgan fingerprint density at radius 3 is 2.73 bits per heavy atom. The van der Waals surface area contributed by atoms with Crippen LogP contribution in [0.1, 0.15) is 20.8 Å². The topological polar surface area (TPSA) is 59.1 Å². The zero-order chi connectivity index (χ0) is 11.0. The zero-order valence-electron chi connectivity index (χ0n) is 7.87. The summed E-state index contributed by atoms with van der Waals surface area (Å²) >= 11 is 5.76. The summed E-state index contributed by atoms with van der Waals surface area (Å²) in [6.45, 7) is 0. The molecule has 0 spiro atoms. The Morgan fingerprint density at radius 2 is 2.07 bits per heavy atom. The number of pyridine rings is 1. The van der Waals surface area contributed by atoms with E-state index in [9.17, 15) is 9.59 Å². The van der Waals surface area contributed by atoms with Gasteiger partial charge in [-0.05, 0) is 12.1 Å². The standard InChI is InChI=1S/C10H7ClN2O2/c1-12-8-6(11)10(15)7-5(9(8)14)3-2-4-13-7/h2-4,12H,1H3. The van der Waals surface area contributed by atoms with Crippen LogP contribution in [-0.4, -0.2) is 23.6 Å². The molecule has 0 saturated carbocycles. The molecule has 0 amide bonds. The Kier molecular flexibility index (Phi) is 2.28. The van der Waals surface area contributed by atoms with Crippen LogP contribution in [0.2, 0.25) is 0 Å². The average molecular weight is 223 g/mol. The number of halogens is 1. The highest BCUT2D eigenvalue weighted by Crippen LogP contribution is 2.25. The van der Waals surface area contributed by atoms with E-state index in [1.807, 2.05) is 0 Å². The van der Waals surface area contributed by atoms with Gasteiger partial charge in [0.2, 0.25) is 11.6 Å². The molecule has 0 aromatic carbocycles. The van der Waals surface area contributed by atoms with Gasteiger partial charge in [0.25, 0.3) is 0 Å². The summed E-state index contributed by atoms with van der Waals surface area (Å²) in [5, 5.41) is 2.52. The van der Waals surface area contributed by atoms with Gasteiger partial charge in [-0.25, -0.2) is 0 Å². The molecule has 1 aromatic rings. The smallest absolute Gasteiger partial charge is 0.225 e. The van der Waals surface area contributed by atoms with Crippen LogP contribution >= 0.6 is 11.6 Å². The first kappa shape index (κ1) is 9.86. The lowest BCUT2D eigenvalue weighted by atomic mass is 9.97. The maximum Gasteiger partial charge on any atom is 0.225 e. The number of rotatable bonds is 1. The molecular formula is C10H7ClN2O2. The monoisotopic (exact) mass is 222 g/mol.